The summed E-state index contributed by atoms with van der Waals surface area (Å²) < 4.78 is 5.19. The van der Waals surface area contributed by atoms with Crippen molar-refractivity contribution < 1.29 is 9.53 Å². The van der Waals surface area contributed by atoms with Crippen molar-refractivity contribution in [3.05, 3.63) is 77.9 Å². The second kappa shape index (κ2) is 7.14. The fraction of sp³-hybridized carbons (Fsp3) is 0.118. The van der Waals surface area contributed by atoms with Crippen molar-refractivity contribution in [1.29, 1.82) is 0 Å². The highest BCUT2D eigenvalue weighted by molar-refractivity contribution is 5.81. The summed E-state index contributed by atoms with van der Waals surface area (Å²) in [6, 6.07) is 19.3. The van der Waals surface area contributed by atoms with E-state index in [0.717, 1.165) is 16.8 Å². The first kappa shape index (κ1) is 13.9. The van der Waals surface area contributed by atoms with Gasteiger partial charge in [0, 0.05) is 5.70 Å². The maximum absolute atomic E-state index is 11.8. The number of amides is 1. The Kier molecular flexibility index (Phi) is 4.95. The molecular formula is C17H17NO2. The average molecular weight is 267 g/mol. The van der Waals surface area contributed by atoms with Crippen LogP contribution in [0.1, 0.15) is 18.1 Å². The van der Waals surface area contributed by atoms with E-state index in [1.54, 1.807) is 0 Å². The van der Waals surface area contributed by atoms with Crippen LogP contribution in [0.5, 0.6) is 0 Å². The number of carbonyl (C=O) groups excluding carboxylic acids is 1. The van der Waals surface area contributed by atoms with E-state index in [1.165, 1.54) is 0 Å². The molecule has 2 rings (SSSR count). The van der Waals surface area contributed by atoms with Gasteiger partial charge in [-0.05, 0) is 18.1 Å². The molecule has 2 aromatic carbocycles. The molecule has 0 atom stereocenters. The Hall–Kier alpha value is -2.55. The third-order valence-corrected chi connectivity index (χ3v) is 2.82. The number of carbonyl (C=O) groups is 1. The summed E-state index contributed by atoms with van der Waals surface area (Å²) in [6.45, 7) is 2.14. The standard InChI is InChI=1S/C17H17NO2/c1-2-16(15-11-7-4-8-12-15)18-17(19)20-13-14-9-5-3-6-10-14/h2-12H,13H2,1H3,(H,18,19)/b16-2-. The van der Waals surface area contributed by atoms with E-state index in [-0.39, 0.29) is 6.61 Å². The van der Waals surface area contributed by atoms with Crippen molar-refractivity contribution >= 4 is 11.8 Å². The molecule has 3 nitrogen and oxygen atoms in total. The van der Waals surface area contributed by atoms with Gasteiger partial charge in [0.2, 0.25) is 0 Å². The van der Waals surface area contributed by atoms with Crippen LogP contribution in [0.15, 0.2) is 66.7 Å². The number of alkyl carbamates (subject to hydrolysis) is 1. The predicted molar refractivity (Wildman–Crippen MR) is 79.9 cm³/mol. The highest BCUT2D eigenvalue weighted by Gasteiger charge is 2.06. The summed E-state index contributed by atoms with van der Waals surface area (Å²) in [6.07, 6.45) is 1.39. The van der Waals surface area contributed by atoms with Crippen molar-refractivity contribution in [2.75, 3.05) is 0 Å². The molecule has 0 saturated heterocycles. The smallest absolute Gasteiger partial charge is 0.411 e. The minimum absolute atomic E-state index is 0.262. The molecular weight excluding hydrogens is 250 g/mol. The Bertz CT molecular complexity index is 576. The topological polar surface area (TPSA) is 38.3 Å². The first-order valence-electron chi connectivity index (χ1n) is 6.49. The molecule has 0 aliphatic heterocycles. The summed E-state index contributed by atoms with van der Waals surface area (Å²) in [5, 5.41) is 2.75. The molecule has 0 saturated carbocycles. The van der Waals surface area contributed by atoms with E-state index in [2.05, 4.69) is 5.32 Å². The van der Waals surface area contributed by atoms with Crippen molar-refractivity contribution in [2.24, 2.45) is 0 Å². The molecule has 0 aliphatic carbocycles. The highest BCUT2D eigenvalue weighted by atomic mass is 16.5. The molecule has 3 heteroatoms. The minimum Gasteiger partial charge on any atom is -0.444 e. The van der Waals surface area contributed by atoms with Crippen molar-refractivity contribution in [3.63, 3.8) is 0 Å². The molecule has 20 heavy (non-hydrogen) atoms. The van der Waals surface area contributed by atoms with Gasteiger partial charge in [0.1, 0.15) is 6.61 Å². The molecule has 0 radical (unpaired) electrons. The van der Waals surface area contributed by atoms with Crippen LogP contribution in [0, 0.1) is 0 Å². The normalized spacial score (nSPS) is 10.9. The summed E-state index contributed by atoms with van der Waals surface area (Å²) >= 11 is 0. The molecule has 102 valence electrons. The van der Waals surface area contributed by atoms with Crippen LogP contribution >= 0.6 is 0 Å². The van der Waals surface area contributed by atoms with Crippen molar-refractivity contribution in [2.45, 2.75) is 13.5 Å². The third-order valence-electron chi connectivity index (χ3n) is 2.82. The Labute approximate surface area is 118 Å². The van der Waals surface area contributed by atoms with E-state index < -0.39 is 6.09 Å². The lowest BCUT2D eigenvalue weighted by Crippen LogP contribution is -2.22. The third kappa shape index (κ3) is 3.99. The lowest BCUT2D eigenvalue weighted by Gasteiger charge is -2.10. The number of hydrogen-bond donors (Lipinski definition) is 1. The SMILES string of the molecule is C/C=C(\NC(=O)OCc1ccccc1)c1ccccc1. The molecule has 1 N–H and O–H groups in total. The summed E-state index contributed by atoms with van der Waals surface area (Å²) in [5.74, 6) is 0. The van der Waals surface area contributed by atoms with Crippen LogP contribution in [0.2, 0.25) is 0 Å². The van der Waals surface area contributed by atoms with Crippen LogP contribution in [0.25, 0.3) is 5.70 Å². The number of benzene rings is 2. The lowest BCUT2D eigenvalue weighted by atomic mass is 10.1. The molecule has 1 amide bonds. The molecule has 2 aromatic rings. The summed E-state index contributed by atoms with van der Waals surface area (Å²) in [4.78, 5) is 11.8. The largest absolute Gasteiger partial charge is 0.444 e. The predicted octanol–water partition coefficient (Wildman–Crippen LogP) is 3.97. The maximum Gasteiger partial charge on any atom is 0.411 e. The Morgan fingerprint density at radius 2 is 1.65 bits per heavy atom. The summed E-state index contributed by atoms with van der Waals surface area (Å²) in [7, 11) is 0. The van der Waals surface area contributed by atoms with E-state index >= 15 is 0 Å². The average Bonchev–Trinajstić information content (AvgIpc) is 2.52. The Morgan fingerprint density at radius 3 is 2.25 bits per heavy atom. The van der Waals surface area contributed by atoms with Gasteiger partial charge in [-0.25, -0.2) is 4.79 Å². The molecule has 0 spiro atoms. The maximum atomic E-state index is 11.8. The van der Waals surface area contributed by atoms with Gasteiger partial charge in [0.05, 0.1) is 0 Å². The fourth-order valence-corrected chi connectivity index (χ4v) is 1.80. The monoisotopic (exact) mass is 267 g/mol. The summed E-state index contributed by atoms with van der Waals surface area (Å²) in [5.41, 5.74) is 2.65. The van der Waals surface area contributed by atoms with Gasteiger partial charge in [0.15, 0.2) is 0 Å². The first-order valence-corrected chi connectivity index (χ1v) is 6.49. The molecule has 0 bridgehead atoms. The number of allylic oxidation sites excluding steroid dienone is 1. The zero-order valence-electron chi connectivity index (χ0n) is 11.4. The number of rotatable bonds is 4. The van der Waals surface area contributed by atoms with Crippen LogP contribution in [-0.4, -0.2) is 6.09 Å². The van der Waals surface area contributed by atoms with Crippen LogP contribution in [0.3, 0.4) is 0 Å². The molecule has 0 unspecified atom stereocenters. The molecule has 0 aliphatic rings. The zero-order valence-corrected chi connectivity index (χ0v) is 11.4. The van der Waals surface area contributed by atoms with Gasteiger partial charge in [-0.1, -0.05) is 66.7 Å². The van der Waals surface area contributed by atoms with Gasteiger partial charge in [-0.2, -0.15) is 0 Å². The van der Waals surface area contributed by atoms with Gasteiger partial charge in [-0.15, -0.1) is 0 Å². The van der Waals surface area contributed by atoms with Crippen molar-refractivity contribution in [3.8, 4) is 0 Å². The van der Waals surface area contributed by atoms with Gasteiger partial charge >= 0.3 is 6.09 Å². The number of hydrogen-bond acceptors (Lipinski definition) is 2. The zero-order chi connectivity index (χ0) is 14.2. The highest BCUT2D eigenvalue weighted by Crippen LogP contribution is 2.11. The second-order valence-corrected chi connectivity index (χ2v) is 4.26. The molecule has 0 heterocycles. The fourth-order valence-electron chi connectivity index (χ4n) is 1.80. The molecule has 0 aromatic heterocycles. The van der Waals surface area contributed by atoms with Crippen LogP contribution in [0.4, 0.5) is 4.79 Å². The second-order valence-electron chi connectivity index (χ2n) is 4.26. The van der Waals surface area contributed by atoms with Crippen LogP contribution in [-0.2, 0) is 11.3 Å². The van der Waals surface area contributed by atoms with E-state index in [0.29, 0.717) is 0 Å². The molecule has 0 fully saturated rings. The van der Waals surface area contributed by atoms with E-state index in [9.17, 15) is 4.79 Å². The lowest BCUT2D eigenvalue weighted by molar-refractivity contribution is 0.144. The van der Waals surface area contributed by atoms with Gasteiger partial charge in [0.25, 0.3) is 0 Å². The van der Waals surface area contributed by atoms with E-state index in [1.807, 2.05) is 73.7 Å². The Balaban J connectivity index is 1.91. The quantitative estimate of drug-likeness (QED) is 0.910. The van der Waals surface area contributed by atoms with Crippen molar-refractivity contribution in [1.82, 2.24) is 5.32 Å². The van der Waals surface area contributed by atoms with Gasteiger partial charge in [-0.3, -0.25) is 5.32 Å². The van der Waals surface area contributed by atoms with Gasteiger partial charge < -0.3 is 4.74 Å². The first-order chi connectivity index (χ1) is 9.79. The number of ether oxygens (including phenoxy) is 1. The minimum atomic E-state index is -0.453. The van der Waals surface area contributed by atoms with E-state index in [4.69, 9.17) is 4.74 Å². The number of nitrogens with one attached hydrogen (secondary N) is 1. The van der Waals surface area contributed by atoms with Crippen LogP contribution < -0.4 is 5.32 Å². The Morgan fingerprint density at radius 1 is 1.05 bits per heavy atom.